The maximum atomic E-state index is 12.7. The highest BCUT2D eigenvalue weighted by atomic mass is 16.3. The van der Waals surface area contributed by atoms with Crippen molar-refractivity contribution >= 4 is 23.4 Å². The van der Waals surface area contributed by atoms with Gasteiger partial charge in [0, 0.05) is 25.6 Å². The number of rotatable bonds is 5. The minimum absolute atomic E-state index is 0.0558. The molecule has 1 aliphatic rings. The van der Waals surface area contributed by atoms with Gasteiger partial charge in [0.1, 0.15) is 5.76 Å². The van der Waals surface area contributed by atoms with E-state index in [0.717, 1.165) is 5.56 Å². The second-order valence-corrected chi connectivity index (χ2v) is 6.25. The van der Waals surface area contributed by atoms with E-state index in [0.29, 0.717) is 5.56 Å². The Morgan fingerprint density at radius 2 is 1.63 bits per heavy atom. The Balaban J connectivity index is 2.07. The van der Waals surface area contributed by atoms with Crippen LogP contribution in [-0.4, -0.2) is 40.7 Å². The number of nitrogens with zero attached hydrogens (tertiary/aromatic N) is 1. The number of aliphatic hydroxyl groups excluding tert-OH is 1. The number of benzene rings is 2. The molecule has 6 nitrogen and oxygen atoms in total. The van der Waals surface area contributed by atoms with Crippen molar-refractivity contribution in [1.82, 2.24) is 10.2 Å². The number of likely N-dealkylation sites (tertiary alicyclic amines) is 1. The van der Waals surface area contributed by atoms with Gasteiger partial charge >= 0.3 is 0 Å². The van der Waals surface area contributed by atoms with Crippen LogP contribution in [0.2, 0.25) is 0 Å². The zero-order valence-corrected chi connectivity index (χ0v) is 14.9. The molecule has 2 N–H and O–H groups in total. The topological polar surface area (TPSA) is 86.7 Å². The number of amides is 2. The van der Waals surface area contributed by atoms with Gasteiger partial charge in [-0.3, -0.25) is 14.4 Å². The minimum Gasteiger partial charge on any atom is -0.507 e. The number of ketones is 1. The second-order valence-electron chi connectivity index (χ2n) is 6.25. The van der Waals surface area contributed by atoms with Crippen LogP contribution in [0.1, 0.15) is 24.1 Å². The summed E-state index contributed by atoms with van der Waals surface area (Å²) in [6.45, 7) is 1.77. The zero-order chi connectivity index (χ0) is 19.4. The Morgan fingerprint density at radius 1 is 1.04 bits per heavy atom. The number of aliphatic hydroxyl groups is 1. The molecule has 3 rings (SSSR count). The fraction of sp³-hybridized carbons (Fsp3) is 0.190. The average Bonchev–Trinajstić information content (AvgIpc) is 2.93. The van der Waals surface area contributed by atoms with E-state index in [4.69, 9.17) is 0 Å². The zero-order valence-electron chi connectivity index (χ0n) is 14.9. The van der Waals surface area contributed by atoms with E-state index < -0.39 is 17.7 Å². The van der Waals surface area contributed by atoms with Crippen LogP contribution in [0.25, 0.3) is 5.76 Å². The van der Waals surface area contributed by atoms with Gasteiger partial charge in [-0.15, -0.1) is 0 Å². The molecule has 1 heterocycles. The molecule has 138 valence electrons. The molecular weight excluding hydrogens is 344 g/mol. The van der Waals surface area contributed by atoms with E-state index in [1.165, 1.54) is 11.8 Å². The van der Waals surface area contributed by atoms with Crippen LogP contribution in [0.4, 0.5) is 0 Å². The van der Waals surface area contributed by atoms with E-state index >= 15 is 0 Å². The normalized spacial score (nSPS) is 18.6. The Labute approximate surface area is 157 Å². The summed E-state index contributed by atoms with van der Waals surface area (Å²) in [5.41, 5.74) is 1.25. The number of carbonyl (C=O) groups is 3. The Kier molecular flexibility index (Phi) is 5.35. The van der Waals surface area contributed by atoms with Crippen LogP contribution in [0.3, 0.4) is 0 Å². The van der Waals surface area contributed by atoms with E-state index in [-0.39, 0.29) is 30.3 Å². The maximum absolute atomic E-state index is 12.7. The number of hydrogen-bond donors (Lipinski definition) is 2. The summed E-state index contributed by atoms with van der Waals surface area (Å²) >= 11 is 0. The number of nitrogens with one attached hydrogen (secondary N) is 1. The highest BCUT2D eigenvalue weighted by molar-refractivity contribution is 6.46. The number of hydrogen-bond acceptors (Lipinski definition) is 4. The van der Waals surface area contributed by atoms with E-state index in [2.05, 4.69) is 5.32 Å². The van der Waals surface area contributed by atoms with Crippen molar-refractivity contribution in [3.8, 4) is 0 Å². The molecule has 0 spiro atoms. The lowest BCUT2D eigenvalue weighted by molar-refractivity contribution is -0.139. The average molecular weight is 364 g/mol. The van der Waals surface area contributed by atoms with Gasteiger partial charge in [0.15, 0.2) is 0 Å². The molecular formula is C21H20N2O4. The van der Waals surface area contributed by atoms with Crippen molar-refractivity contribution in [1.29, 1.82) is 0 Å². The molecule has 0 aliphatic carbocycles. The van der Waals surface area contributed by atoms with Crippen molar-refractivity contribution in [2.24, 2.45) is 0 Å². The van der Waals surface area contributed by atoms with Gasteiger partial charge in [0.05, 0.1) is 11.6 Å². The summed E-state index contributed by atoms with van der Waals surface area (Å²) in [6, 6.07) is 17.0. The molecule has 0 bridgehead atoms. The second kappa shape index (κ2) is 7.86. The summed E-state index contributed by atoms with van der Waals surface area (Å²) in [7, 11) is 0. The molecule has 1 unspecified atom stereocenters. The third kappa shape index (κ3) is 3.74. The third-order valence-corrected chi connectivity index (χ3v) is 4.43. The van der Waals surface area contributed by atoms with Crippen molar-refractivity contribution in [3.63, 3.8) is 0 Å². The monoisotopic (exact) mass is 364 g/mol. The molecule has 1 fully saturated rings. The van der Waals surface area contributed by atoms with Gasteiger partial charge in [0.2, 0.25) is 5.91 Å². The van der Waals surface area contributed by atoms with Crippen LogP contribution in [-0.2, 0) is 14.4 Å². The molecule has 1 saturated heterocycles. The smallest absolute Gasteiger partial charge is 0.295 e. The van der Waals surface area contributed by atoms with Gasteiger partial charge in [-0.2, -0.15) is 0 Å². The molecule has 2 amide bonds. The summed E-state index contributed by atoms with van der Waals surface area (Å²) in [6.07, 6.45) is 0. The minimum atomic E-state index is -0.729. The van der Waals surface area contributed by atoms with Gasteiger partial charge in [0.25, 0.3) is 11.7 Å². The van der Waals surface area contributed by atoms with Crippen LogP contribution in [0.5, 0.6) is 0 Å². The van der Waals surface area contributed by atoms with Crippen molar-refractivity contribution in [2.75, 3.05) is 13.1 Å². The summed E-state index contributed by atoms with van der Waals surface area (Å²) in [4.78, 5) is 37.9. The first-order valence-corrected chi connectivity index (χ1v) is 8.64. The van der Waals surface area contributed by atoms with E-state index in [1.54, 1.807) is 42.5 Å². The van der Waals surface area contributed by atoms with Crippen LogP contribution >= 0.6 is 0 Å². The van der Waals surface area contributed by atoms with Crippen molar-refractivity contribution in [2.45, 2.75) is 13.0 Å². The SMILES string of the molecule is CC(=O)NCCN1C(=O)C(=O)/C(=C(\O)c2ccccc2)C1c1ccccc1. The molecule has 2 aromatic rings. The van der Waals surface area contributed by atoms with Gasteiger partial charge in [-0.05, 0) is 5.56 Å². The largest absolute Gasteiger partial charge is 0.507 e. The van der Waals surface area contributed by atoms with Crippen molar-refractivity contribution < 1.29 is 19.5 Å². The lowest BCUT2D eigenvalue weighted by atomic mass is 9.95. The number of carbonyl (C=O) groups excluding carboxylic acids is 3. The molecule has 6 heteroatoms. The lowest BCUT2D eigenvalue weighted by Crippen LogP contribution is -2.37. The van der Waals surface area contributed by atoms with E-state index in [1.807, 2.05) is 18.2 Å². The third-order valence-electron chi connectivity index (χ3n) is 4.43. The standard InChI is InChI=1S/C21H20N2O4/c1-14(24)22-12-13-23-18(15-8-4-2-5-9-15)17(20(26)21(23)27)19(25)16-10-6-3-7-11-16/h2-11,18,25H,12-13H2,1H3,(H,22,24)/b19-17-. The molecule has 0 saturated carbocycles. The Hall–Kier alpha value is -3.41. The first-order chi connectivity index (χ1) is 13.0. The molecule has 0 radical (unpaired) electrons. The maximum Gasteiger partial charge on any atom is 0.295 e. The molecule has 27 heavy (non-hydrogen) atoms. The molecule has 1 atom stereocenters. The molecule has 0 aromatic heterocycles. The van der Waals surface area contributed by atoms with Gasteiger partial charge < -0.3 is 15.3 Å². The van der Waals surface area contributed by atoms with Crippen LogP contribution in [0.15, 0.2) is 66.2 Å². The predicted octanol–water partition coefficient (Wildman–Crippen LogP) is 2.24. The quantitative estimate of drug-likeness (QED) is 0.484. The fourth-order valence-electron chi connectivity index (χ4n) is 3.20. The first kappa shape index (κ1) is 18.4. The molecule has 1 aliphatic heterocycles. The summed E-state index contributed by atoms with van der Waals surface area (Å²) < 4.78 is 0. The van der Waals surface area contributed by atoms with Crippen molar-refractivity contribution in [3.05, 3.63) is 77.4 Å². The van der Waals surface area contributed by atoms with Crippen LogP contribution in [0, 0.1) is 0 Å². The number of Topliss-reactive ketones (excluding diaryl/α,β-unsaturated/α-hetero) is 1. The Bertz CT molecular complexity index is 891. The highest BCUT2D eigenvalue weighted by Gasteiger charge is 2.45. The predicted molar refractivity (Wildman–Crippen MR) is 101 cm³/mol. The molecule has 2 aromatic carbocycles. The highest BCUT2D eigenvalue weighted by Crippen LogP contribution is 2.38. The van der Waals surface area contributed by atoms with Gasteiger partial charge in [-0.1, -0.05) is 60.7 Å². The Morgan fingerprint density at radius 3 is 2.22 bits per heavy atom. The lowest BCUT2D eigenvalue weighted by Gasteiger charge is -2.25. The van der Waals surface area contributed by atoms with Gasteiger partial charge in [-0.25, -0.2) is 0 Å². The fourth-order valence-corrected chi connectivity index (χ4v) is 3.20. The van der Waals surface area contributed by atoms with Crippen LogP contribution < -0.4 is 5.32 Å². The summed E-state index contributed by atoms with van der Waals surface area (Å²) in [5, 5.41) is 13.4. The summed E-state index contributed by atoms with van der Waals surface area (Å²) in [5.74, 6) is -1.84. The van der Waals surface area contributed by atoms with E-state index in [9.17, 15) is 19.5 Å². The first-order valence-electron chi connectivity index (χ1n) is 8.64.